The van der Waals surface area contributed by atoms with Crippen LogP contribution < -0.4 is 5.32 Å². The van der Waals surface area contributed by atoms with Crippen molar-refractivity contribution in [2.45, 2.75) is 38.8 Å². The molecule has 90 valence electrons. The Morgan fingerprint density at radius 1 is 1.44 bits per heavy atom. The van der Waals surface area contributed by atoms with Gasteiger partial charge in [0, 0.05) is 12.2 Å². The lowest BCUT2D eigenvalue weighted by molar-refractivity contribution is 0.0878. The summed E-state index contributed by atoms with van der Waals surface area (Å²) in [5.41, 5.74) is 1.17. The minimum absolute atomic E-state index is 0.685. The molecule has 3 heteroatoms. The van der Waals surface area contributed by atoms with Crippen molar-refractivity contribution in [2.24, 2.45) is 5.92 Å². The van der Waals surface area contributed by atoms with Gasteiger partial charge in [0.25, 0.3) is 0 Å². The van der Waals surface area contributed by atoms with Gasteiger partial charge in [0.15, 0.2) is 0 Å². The summed E-state index contributed by atoms with van der Waals surface area (Å²) in [4.78, 5) is 0. The van der Waals surface area contributed by atoms with Crippen molar-refractivity contribution < 1.29 is 9.15 Å². The first-order chi connectivity index (χ1) is 7.90. The number of furan rings is 1. The van der Waals surface area contributed by atoms with Crippen LogP contribution in [0.25, 0.3) is 0 Å². The Balaban J connectivity index is 1.73. The van der Waals surface area contributed by atoms with Gasteiger partial charge in [-0.25, -0.2) is 0 Å². The van der Waals surface area contributed by atoms with E-state index in [0.717, 1.165) is 24.8 Å². The van der Waals surface area contributed by atoms with E-state index in [2.05, 4.69) is 5.32 Å². The average Bonchev–Trinajstić information content (AvgIpc) is 2.91. The monoisotopic (exact) mass is 223 g/mol. The molecule has 0 amide bonds. The summed E-state index contributed by atoms with van der Waals surface area (Å²) in [5.74, 6) is 1.79. The summed E-state index contributed by atoms with van der Waals surface area (Å²) in [7, 11) is 1.92. The molecule has 1 aromatic rings. The average molecular weight is 223 g/mol. The number of rotatable bonds is 6. The molecule has 0 atom stereocenters. The van der Waals surface area contributed by atoms with Crippen molar-refractivity contribution >= 4 is 0 Å². The zero-order valence-corrected chi connectivity index (χ0v) is 10.00. The SMILES string of the molecule is CNCc1occc1COCC1CCCC1. The lowest BCUT2D eigenvalue weighted by Crippen LogP contribution is -2.08. The summed E-state index contributed by atoms with van der Waals surface area (Å²) < 4.78 is 11.1. The number of nitrogens with one attached hydrogen (secondary N) is 1. The molecule has 1 aromatic heterocycles. The molecule has 1 fully saturated rings. The minimum atomic E-state index is 0.685. The highest BCUT2D eigenvalue weighted by Crippen LogP contribution is 2.25. The third-order valence-corrected chi connectivity index (χ3v) is 3.26. The smallest absolute Gasteiger partial charge is 0.123 e. The van der Waals surface area contributed by atoms with E-state index >= 15 is 0 Å². The molecular weight excluding hydrogens is 202 g/mol. The van der Waals surface area contributed by atoms with Crippen LogP contribution in [0, 0.1) is 5.92 Å². The first kappa shape index (κ1) is 11.7. The predicted octanol–water partition coefficient (Wildman–Crippen LogP) is 2.71. The first-order valence-electron chi connectivity index (χ1n) is 6.17. The van der Waals surface area contributed by atoms with Gasteiger partial charge >= 0.3 is 0 Å². The van der Waals surface area contributed by atoms with E-state index in [4.69, 9.17) is 9.15 Å². The van der Waals surface area contributed by atoms with Crippen molar-refractivity contribution in [3.63, 3.8) is 0 Å². The second-order valence-electron chi connectivity index (χ2n) is 4.56. The fourth-order valence-corrected chi connectivity index (χ4v) is 2.32. The van der Waals surface area contributed by atoms with Gasteiger partial charge in [-0.15, -0.1) is 0 Å². The molecule has 16 heavy (non-hydrogen) atoms. The van der Waals surface area contributed by atoms with Gasteiger partial charge < -0.3 is 14.5 Å². The largest absolute Gasteiger partial charge is 0.468 e. The molecule has 0 aliphatic heterocycles. The number of hydrogen-bond donors (Lipinski definition) is 1. The fourth-order valence-electron chi connectivity index (χ4n) is 2.32. The Morgan fingerprint density at radius 3 is 3.00 bits per heavy atom. The first-order valence-corrected chi connectivity index (χ1v) is 6.17. The second kappa shape index (κ2) is 6.06. The summed E-state index contributed by atoms with van der Waals surface area (Å²) in [6.45, 7) is 2.36. The van der Waals surface area contributed by atoms with Crippen LogP contribution in [0.5, 0.6) is 0 Å². The number of hydrogen-bond acceptors (Lipinski definition) is 3. The molecule has 0 bridgehead atoms. The maximum absolute atomic E-state index is 5.76. The molecule has 1 aliphatic carbocycles. The Kier molecular flexibility index (Phi) is 4.43. The van der Waals surface area contributed by atoms with Crippen LogP contribution in [0.3, 0.4) is 0 Å². The predicted molar refractivity (Wildman–Crippen MR) is 63.1 cm³/mol. The number of ether oxygens (including phenoxy) is 1. The Bertz CT molecular complexity index is 303. The Labute approximate surface area is 97.2 Å². The third kappa shape index (κ3) is 3.09. The molecular formula is C13H21NO2. The van der Waals surface area contributed by atoms with E-state index in [9.17, 15) is 0 Å². The fraction of sp³-hybridized carbons (Fsp3) is 0.692. The Morgan fingerprint density at radius 2 is 2.25 bits per heavy atom. The van der Waals surface area contributed by atoms with E-state index in [1.807, 2.05) is 13.1 Å². The molecule has 1 N–H and O–H groups in total. The lowest BCUT2D eigenvalue weighted by atomic mass is 10.1. The second-order valence-corrected chi connectivity index (χ2v) is 4.56. The van der Waals surface area contributed by atoms with Gasteiger partial charge in [-0.3, -0.25) is 0 Å². The van der Waals surface area contributed by atoms with E-state index in [1.165, 1.54) is 31.2 Å². The van der Waals surface area contributed by atoms with E-state index in [0.29, 0.717) is 6.61 Å². The maximum atomic E-state index is 5.76. The lowest BCUT2D eigenvalue weighted by Gasteiger charge is -2.09. The van der Waals surface area contributed by atoms with Gasteiger partial charge in [0.1, 0.15) is 5.76 Å². The zero-order chi connectivity index (χ0) is 11.2. The van der Waals surface area contributed by atoms with E-state index in [-0.39, 0.29) is 0 Å². The molecule has 1 aliphatic rings. The van der Waals surface area contributed by atoms with Gasteiger partial charge in [-0.1, -0.05) is 12.8 Å². The van der Waals surface area contributed by atoms with Gasteiger partial charge in [-0.2, -0.15) is 0 Å². The van der Waals surface area contributed by atoms with Crippen LogP contribution >= 0.6 is 0 Å². The van der Waals surface area contributed by atoms with Gasteiger partial charge in [-0.05, 0) is 31.9 Å². The Hall–Kier alpha value is -0.800. The molecule has 2 rings (SSSR count). The van der Waals surface area contributed by atoms with Crippen LogP contribution in [-0.2, 0) is 17.9 Å². The molecule has 0 radical (unpaired) electrons. The van der Waals surface area contributed by atoms with Crippen LogP contribution in [0.1, 0.15) is 37.0 Å². The van der Waals surface area contributed by atoms with Crippen LogP contribution in [0.2, 0.25) is 0 Å². The summed E-state index contributed by atoms with van der Waals surface area (Å²) in [5, 5.41) is 3.09. The van der Waals surface area contributed by atoms with Crippen molar-refractivity contribution in [3.8, 4) is 0 Å². The highest BCUT2D eigenvalue weighted by atomic mass is 16.5. The van der Waals surface area contributed by atoms with Crippen LogP contribution in [-0.4, -0.2) is 13.7 Å². The molecule has 0 saturated heterocycles. The normalized spacial score (nSPS) is 17.1. The standard InChI is InChI=1S/C13H21NO2/c1-14-8-13-12(6-7-16-13)10-15-9-11-4-2-3-5-11/h6-7,11,14H,2-5,8-10H2,1H3. The van der Waals surface area contributed by atoms with E-state index < -0.39 is 0 Å². The quantitative estimate of drug-likeness (QED) is 0.805. The van der Waals surface area contributed by atoms with E-state index in [1.54, 1.807) is 6.26 Å². The van der Waals surface area contributed by atoms with Crippen molar-refractivity contribution in [1.29, 1.82) is 0 Å². The highest BCUT2D eigenvalue weighted by molar-refractivity contribution is 5.15. The zero-order valence-electron chi connectivity index (χ0n) is 10.00. The summed E-state index contributed by atoms with van der Waals surface area (Å²) >= 11 is 0. The third-order valence-electron chi connectivity index (χ3n) is 3.26. The maximum Gasteiger partial charge on any atom is 0.123 e. The van der Waals surface area contributed by atoms with Gasteiger partial charge in [0.2, 0.25) is 0 Å². The molecule has 0 aromatic carbocycles. The van der Waals surface area contributed by atoms with Gasteiger partial charge in [0.05, 0.1) is 19.4 Å². The minimum Gasteiger partial charge on any atom is -0.468 e. The summed E-state index contributed by atoms with van der Waals surface area (Å²) in [6, 6.07) is 2.00. The highest BCUT2D eigenvalue weighted by Gasteiger charge is 2.15. The summed E-state index contributed by atoms with van der Waals surface area (Å²) in [6.07, 6.45) is 7.18. The van der Waals surface area contributed by atoms with Crippen molar-refractivity contribution in [1.82, 2.24) is 5.32 Å². The van der Waals surface area contributed by atoms with Crippen LogP contribution in [0.15, 0.2) is 16.7 Å². The topological polar surface area (TPSA) is 34.4 Å². The molecule has 0 spiro atoms. The molecule has 0 unspecified atom stereocenters. The molecule has 1 heterocycles. The van der Waals surface area contributed by atoms with Crippen LogP contribution in [0.4, 0.5) is 0 Å². The van der Waals surface area contributed by atoms with Crippen molar-refractivity contribution in [3.05, 3.63) is 23.7 Å². The van der Waals surface area contributed by atoms with Crippen molar-refractivity contribution in [2.75, 3.05) is 13.7 Å². The molecule has 3 nitrogen and oxygen atoms in total. The molecule has 1 saturated carbocycles.